The van der Waals surface area contributed by atoms with Gasteiger partial charge in [-0.2, -0.15) is 0 Å². The van der Waals surface area contributed by atoms with Gasteiger partial charge in [-0.1, -0.05) is 41.5 Å². The Bertz CT molecular complexity index is 179. The zero-order valence-corrected chi connectivity index (χ0v) is 10.5. The molecule has 0 aromatic heterocycles. The molecule has 0 aliphatic carbocycles. The third-order valence-corrected chi connectivity index (χ3v) is 2.90. The van der Waals surface area contributed by atoms with Crippen LogP contribution >= 0.6 is 0 Å². The van der Waals surface area contributed by atoms with Crippen LogP contribution in [0.2, 0.25) is 0 Å². The van der Waals surface area contributed by atoms with Crippen LogP contribution in [0.4, 0.5) is 0 Å². The number of aliphatic hydroxyl groups excluding tert-OH is 1. The molecule has 1 aliphatic rings. The summed E-state index contributed by atoms with van der Waals surface area (Å²) in [4.78, 5) is 2.41. The minimum absolute atomic E-state index is 0.0952. The first kappa shape index (κ1) is 12.0. The summed E-state index contributed by atoms with van der Waals surface area (Å²) in [7, 11) is 0. The van der Waals surface area contributed by atoms with Crippen molar-refractivity contribution in [3.8, 4) is 0 Å². The maximum atomic E-state index is 9.36. The summed E-state index contributed by atoms with van der Waals surface area (Å²) >= 11 is 0. The van der Waals surface area contributed by atoms with Crippen LogP contribution in [0.3, 0.4) is 0 Å². The van der Waals surface area contributed by atoms with E-state index in [1.807, 2.05) is 0 Å². The highest BCUT2D eigenvalue weighted by Gasteiger charge is 2.43. The number of likely N-dealkylation sites (tertiary alicyclic amines) is 1. The Morgan fingerprint density at radius 3 is 1.57 bits per heavy atom. The summed E-state index contributed by atoms with van der Waals surface area (Å²) in [6.45, 7) is 15.4. The van der Waals surface area contributed by atoms with E-state index in [-0.39, 0.29) is 16.9 Å². The Hall–Kier alpha value is -0.0800. The van der Waals surface area contributed by atoms with Gasteiger partial charge >= 0.3 is 0 Å². The van der Waals surface area contributed by atoms with Crippen molar-refractivity contribution in [1.82, 2.24) is 4.90 Å². The first-order chi connectivity index (χ1) is 6.12. The van der Waals surface area contributed by atoms with Crippen molar-refractivity contribution in [2.75, 3.05) is 13.1 Å². The van der Waals surface area contributed by atoms with Crippen LogP contribution in [-0.2, 0) is 0 Å². The summed E-state index contributed by atoms with van der Waals surface area (Å²) in [5, 5.41) is 9.36. The number of nitrogens with zero attached hydrogens (tertiary/aromatic N) is 1. The van der Waals surface area contributed by atoms with E-state index in [0.717, 1.165) is 13.1 Å². The largest absolute Gasteiger partial charge is 0.390 e. The second-order valence-corrected chi connectivity index (χ2v) is 6.74. The topological polar surface area (TPSA) is 23.5 Å². The van der Waals surface area contributed by atoms with Crippen LogP contribution in [0.1, 0.15) is 41.5 Å². The van der Waals surface area contributed by atoms with Gasteiger partial charge < -0.3 is 5.11 Å². The van der Waals surface area contributed by atoms with E-state index in [4.69, 9.17) is 0 Å². The number of rotatable bonds is 1. The molecular formula is C12H25NO. The average molecular weight is 199 g/mol. The zero-order chi connectivity index (χ0) is 11.1. The maximum Gasteiger partial charge on any atom is 0.0794 e. The molecule has 0 saturated carbocycles. The Morgan fingerprint density at radius 1 is 1.00 bits per heavy atom. The van der Waals surface area contributed by atoms with Crippen LogP contribution in [-0.4, -0.2) is 35.2 Å². The lowest BCUT2D eigenvalue weighted by atomic mass is 9.70. The van der Waals surface area contributed by atoms with Crippen LogP contribution in [0.25, 0.3) is 0 Å². The molecule has 2 nitrogen and oxygen atoms in total. The molecule has 0 atom stereocenters. The monoisotopic (exact) mass is 199 g/mol. The molecule has 0 unspecified atom stereocenters. The lowest BCUT2D eigenvalue weighted by molar-refractivity contribution is -0.0872. The molecule has 0 amide bonds. The Kier molecular flexibility index (Phi) is 2.99. The first-order valence-corrected chi connectivity index (χ1v) is 5.54. The van der Waals surface area contributed by atoms with Gasteiger partial charge in [0.15, 0.2) is 0 Å². The molecule has 0 bridgehead atoms. The molecular weight excluding hydrogens is 174 g/mol. The molecule has 14 heavy (non-hydrogen) atoms. The zero-order valence-electron chi connectivity index (χ0n) is 10.5. The molecule has 1 rings (SSSR count). The fourth-order valence-electron chi connectivity index (χ4n) is 3.09. The molecule has 0 aromatic rings. The van der Waals surface area contributed by atoms with Gasteiger partial charge in [-0.15, -0.1) is 0 Å². The van der Waals surface area contributed by atoms with Crippen molar-refractivity contribution in [2.45, 2.75) is 53.7 Å². The fourth-order valence-corrected chi connectivity index (χ4v) is 3.09. The Morgan fingerprint density at radius 2 is 1.36 bits per heavy atom. The highest BCUT2D eigenvalue weighted by atomic mass is 16.3. The van der Waals surface area contributed by atoms with E-state index in [1.54, 1.807) is 0 Å². The van der Waals surface area contributed by atoms with E-state index in [2.05, 4.69) is 46.4 Å². The van der Waals surface area contributed by atoms with Crippen molar-refractivity contribution < 1.29 is 5.11 Å². The van der Waals surface area contributed by atoms with Crippen LogP contribution in [0.5, 0.6) is 0 Å². The van der Waals surface area contributed by atoms with Crippen molar-refractivity contribution in [3.63, 3.8) is 0 Å². The standard InChI is InChI=1S/C12H25NO/c1-11(2,3)10(12(4,5)6)13-7-9(14)8-13/h9-10,14H,7-8H2,1-6H3. The summed E-state index contributed by atoms with van der Waals surface area (Å²) in [5.74, 6) is 0. The number of hydrogen-bond donors (Lipinski definition) is 1. The minimum atomic E-state index is -0.0952. The molecule has 1 saturated heterocycles. The van der Waals surface area contributed by atoms with Crippen molar-refractivity contribution in [3.05, 3.63) is 0 Å². The third-order valence-electron chi connectivity index (χ3n) is 2.90. The van der Waals surface area contributed by atoms with Gasteiger partial charge in [0.05, 0.1) is 6.10 Å². The normalized spacial score (nSPS) is 21.4. The summed E-state index contributed by atoms with van der Waals surface area (Å²) < 4.78 is 0. The first-order valence-electron chi connectivity index (χ1n) is 5.54. The van der Waals surface area contributed by atoms with E-state index in [9.17, 15) is 5.11 Å². The van der Waals surface area contributed by atoms with E-state index in [0.29, 0.717) is 6.04 Å². The second-order valence-electron chi connectivity index (χ2n) is 6.74. The second kappa shape index (κ2) is 3.49. The summed E-state index contributed by atoms with van der Waals surface area (Å²) in [6, 6.07) is 0.540. The minimum Gasteiger partial charge on any atom is -0.390 e. The van der Waals surface area contributed by atoms with Gasteiger partial charge in [-0.3, -0.25) is 4.90 Å². The number of β-amino-alcohol motifs (C(OH)–C–C–N with tert-alkyl or cyclic N) is 1. The smallest absolute Gasteiger partial charge is 0.0794 e. The molecule has 0 aromatic carbocycles. The Labute approximate surface area is 88.3 Å². The highest BCUT2D eigenvalue weighted by molar-refractivity contribution is 4.97. The van der Waals surface area contributed by atoms with Gasteiger partial charge in [0.25, 0.3) is 0 Å². The maximum absolute atomic E-state index is 9.36. The van der Waals surface area contributed by atoms with E-state index < -0.39 is 0 Å². The third kappa shape index (κ3) is 2.48. The number of aliphatic hydroxyl groups is 1. The van der Waals surface area contributed by atoms with Gasteiger partial charge in [0, 0.05) is 19.1 Å². The van der Waals surface area contributed by atoms with Gasteiger partial charge in [0.2, 0.25) is 0 Å². The van der Waals surface area contributed by atoms with Crippen molar-refractivity contribution in [1.29, 1.82) is 0 Å². The van der Waals surface area contributed by atoms with Crippen LogP contribution in [0, 0.1) is 10.8 Å². The van der Waals surface area contributed by atoms with Crippen molar-refractivity contribution >= 4 is 0 Å². The lowest BCUT2D eigenvalue weighted by Crippen LogP contribution is -2.62. The fraction of sp³-hybridized carbons (Fsp3) is 1.00. The molecule has 1 heterocycles. The molecule has 84 valence electrons. The van der Waals surface area contributed by atoms with Crippen LogP contribution < -0.4 is 0 Å². The molecule has 1 fully saturated rings. The number of hydrogen-bond acceptors (Lipinski definition) is 2. The predicted molar refractivity (Wildman–Crippen MR) is 60.3 cm³/mol. The predicted octanol–water partition coefficient (Wildman–Crippen LogP) is 2.12. The van der Waals surface area contributed by atoms with Gasteiger partial charge in [0.1, 0.15) is 0 Å². The van der Waals surface area contributed by atoms with E-state index >= 15 is 0 Å². The van der Waals surface area contributed by atoms with E-state index in [1.165, 1.54) is 0 Å². The molecule has 0 spiro atoms. The lowest BCUT2D eigenvalue weighted by Gasteiger charge is -2.53. The molecule has 2 heteroatoms. The molecule has 1 aliphatic heterocycles. The SMILES string of the molecule is CC(C)(C)C(N1CC(O)C1)C(C)(C)C. The van der Waals surface area contributed by atoms with Crippen molar-refractivity contribution in [2.24, 2.45) is 10.8 Å². The average Bonchev–Trinajstić information content (AvgIpc) is 1.76. The molecule has 1 N–H and O–H groups in total. The highest BCUT2D eigenvalue weighted by Crippen LogP contribution is 2.39. The van der Waals surface area contributed by atoms with Gasteiger partial charge in [-0.25, -0.2) is 0 Å². The summed E-state index contributed by atoms with van der Waals surface area (Å²) in [5.41, 5.74) is 0.552. The summed E-state index contributed by atoms with van der Waals surface area (Å²) in [6.07, 6.45) is -0.0952. The van der Waals surface area contributed by atoms with Crippen LogP contribution in [0.15, 0.2) is 0 Å². The quantitative estimate of drug-likeness (QED) is 0.699. The Balaban J connectivity index is 2.74. The molecule has 0 radical (unpaired) electrons. The van der Waals surface area contributed by atoms with Gasteiger partial charge in [-0.05, 0) is 10.8 Å².